The van der Waals surface area contributed by atoms with E-state index >= 15 is 0 Å². The van der Waals surface area contributed by atoms with E-state index < -0.39 is 11.7 Å². The Hall–Kier alpha value is -3.24. The molecule has 6 nitrogen and oxygen atoms in total. The number of ether oxygens (including phenoxy) is 1. The average molecular weight is 522 g/mol. The van der Waals surface area contributed by atoms with Crippen molar-refractivity contribution in [2.24, 2.45) is 10.2 Å². The average Bonchev–Trinajstić information content (AvgIpc) is 3.41. The number of alkyl halides is 3. The maximum Gasteiger partial charge on any atom is 0.416 e. The summed E-state index contributed by atoms with van der Waals surface area (Å²) in [6.45, 7) is 2.49. The first-order valence-corrected chi connectivity index (χ1v) is 11.8. The number of hydrogen-bond donors (Lipinski definition) is 1. The number of amidine groups is 1. The summed E-state index contributed by atoms with van der Waals surface area (Å²) in [5.74, 6) is 1.03. The molecule has 0 radical (unpaired) electrons. The van der Waals surface area contributed by atoms with Crippen molar-refractivity contribution in [1.82, 2.24) is 5.32 Å². The maximum absolute atomic E-state index is 13.0. The van der Waals surface area contributed by atoms with Crippen LogP contribution in [0, 0.1) is 0 Å². The summed E-state index contributed by atoms with van der Waals surface area (Å²) in [6.07, 6.45) is -2.68. The van der Waals surface area contributed by atoms with Crippen molar-refractivity contribution in [3.05, 3.63) is 76.5 Å². The van der Waals surface area contributed by atoms with Crippen molar-refractivity contribution in [2.45, 2.75) is 24.8 Å². The van der Waals surface area contributed by atoms with E-state index in [0.29, 0.717) is 18.2 Å². The molecule has 4 rings (SSSR count). The van der Waals surface area contributed by atoms with Gasteiger partial charge in [0, 0.05) is 5.56 Å². The van der Waals surface area contributed by atoms with Gasteiger partial charge in [-0.25, -0.2) is 0 Å². The Balaban J connectivity index is 1.40. The van der Waals surface area contributed by atoms with Crippen molar-refractivity contribution in [2.75, 3.05) is 6.61 Å². The fourth-order valence-electron chi connectivity index (χ4n) is 3.28. The summed E-state index contributed by atoms with van der Waals surface area (Å²) in [6, 6.07) is 13.6. The van der Waals surface area contributed by atoms with E-state index in [9.17, 15) is 18.0 Å². The van der Waals surface area contributed by atoms with Crippen molar-refractivity contribution >= 4 is 40.7 Å². The van der Waals surface area contributed by atoms with Gasteiger partial charge in [-0.05, 0) is 61.4 Å². The van der Waals surface area contributed by atoms with Crippen molar-refractivity contribution in [3.63, 3.8) is 0 Å². The number of furan rings is 1. The second-order valence-electron chi connectivity index (χ2n) is 7.42. The fraction of sp³-hybridized carbons (Fsp3) is 0.208. The molecule has 3 aromatic rings. The van der Waals surface area contributed by atoms with E-state index in [1.807, 2.05) is 31.2 Å². The fourth-order valence-corrected chi connectivity index (χ4v) is 4.46. The van der Waals surface area contributed by atoms with Gasteiger partial charge in [0.1, 0.15) is 17.3 Å². The van der Waals surface area contributed by atoms with Crippen LogP contribution in [0.25, 0.3) is 11.3 Å². The molecule has 182 valence electrons. The van der Waals surface area contributed by atoms with Gasteiger partial charge in [0.05, 0.1) is 28.7 Å². The van der Waals surface area contributed by atoms with E-state index in [4.69, 9.17) is 20.8 Å². The van der Waals surface area contributed by atoms with Crippen LogP contribution in [-0.4, -0.2) is 29.1 Å². The molecule has 1 unspecified atom stereocenters. The second kappa shape index (κ2) is 10.6. The molecule has 1 aliphatic rings. The third-order valence-electron chi connectivity index (χ3n) is 4.95. The van der Waals surface area contributed by atoms with E-state index in [1.165, 1.54) is 36.2 Å². The van der Waals surface area contributed by atoms with Gasteiger partial charge in [0.25, 0.3) is 0 Å². The predicted molar refractivity (Wildman–Crippen MR) is 130 cm³/mol. The monoisotopic (exact) mass is 521 g/mol. The Morgan fingerprint density at radius 3 is 2.66 bits per heavy atom. The number of halogens is 4. The van der Waals surface area contributed by atoms with Crippen LogP contribution >= 0.6 is 23.4 Å². The van der Waals surface area contributed by atoms with Gasteiger partial charge in [-0.15, -0.1) is 5.10 Å². The number of carbonyl (C=O) groups is 1. The molecule has 1 N–H and O–H groups in total. The minimum atomic E-state index is -4.50. The lowest BCUT2D eigenvalue weighted by Crippen LogP contribution is -2.25. The highest BCUT2D eigenvalue weighted by atomic mass is 35.5. The number of thioether (sulfide) groups is 1. The quantitative estimate of drug-likeness (QED) is 0.297. The number of nitrogens with zero attached hydrogens (tertiary/aromatic N) is 2. The third-order valence-corrected chi connectivity index (χ3v) is 6.35. The molecule has 0 bridgehead atoms. The smallest absolute Gasteiger partial charge is 0.416 e. The molecule has 0 aliphatic carbocycles. The normalized spacial score (nSPS) is 17.3. The lowest BCUT2D eigenvalue weighted by Gasteiger charge is -2.08. The van der Waals surface area contributed by atoms with E-state index in [0.717, 1.165) is 23.4 Å². The molecule has 2 heterocycles. The number of nitrogens with one attached hydrogen (secondary N) is 1. The Morgan fingerprint density at radius 1 is 1.17 bits per heavy atom. The summed E-state index contributed by atoms with van der Waals surface area (Å²) >= 11 is 7.32. The van der Waals surface area contributed by atoms with Crippen LogP contribution < -0.4 is 10.1 Å². The molecule has 2 aromatic carbocycles. The minimum absolute atomic E-state index is 0.114. The molecule has 0 spiro atoms. The van der Waals surface area contributed by atoms with Crippen LogP contribution in [0.2, 0.25) is 5.02 Å². The van der Waals surface area contributed by atoms with E-state index in [-0.39, 0.29) is 33.3 Å². The molecule has 1 amide bonds. The minimum Gasteiger partial charge on any atom is -0.494 e. The van der Waals surface area contributed by atoms with Gasteiger partial charge in [-0.2, -0.15) is 18.3 Å². The Morgan fingerprint density at radius 2 is 1.94 bits per heavy atom. The first-order chi connectivity index (χ1) is 16.7. The zero-order chi connectivity index (χ0) is 25.0. The van der Waals surface area contributed by atoms with Gasteiger partial charge >= 0.3 is 6.18 Å². The molecule has 1 atom stereocenters. The lowest BCUT2D eigenvalue weighted by molar-refractivity contribution is -0.137. The number of carbonyl (C=O) groups excluding carboxylic acids is 1. The highest BCUT2D eigenvalue weighted by Gasteiger charge is 2.32. The highest BCUT2D eigenvalue weighted by Crippen LogP contribution is 2.36. The molecular weight excluding hydrogens is 503 g/mol. The zero-order valence-electron chi connectivity index (χ0n) is 18.3. The second-order valence-corrected chi connectivity index (χ2v) is 9.02. The summed E-state index contributed by atoms with van der Waals surface area (Å²) < 4.78 is 50.0. The summed E-state index contributed by atoms with van der Waals surface area (Å²) in [7, 11) is 0. The molecule has 1 aliphatic heterocycles. The van der Waals surface area contributed by atoms with Crippen LogP contribution in [0.15, 0.2) is 69.2 Å². The van der Waals surface area contributed by atoms with Crippen LogP contribution in [0.3, 0.4) is 0 Å². The summed E-state index contributed by atoms with van der Waals surface area (Å²) in [5.41, 5.74) is 0.272. The first-order valence-electron chi connectivity index (χ1n) is 10.5. The Bertz CT molecular complexity index is 1270. The topological polar surface area (TPSA) is 76.2 Å². The van der Waals surface area contributed by atoms with Crippen LogP contribution in [0.4, 0.5) is 13.2 Å². The number of rotatable bonds is 7. The van der Waals surface area contributed by atoms with Gasteiger partial charge in [-0.1, -0.05) is 35.5 Å². The highest BCUT2D eigenvalue weighted by molar-refractivity contribution is 8.15. The molecule has 1 saturated heterocycles. The number of hydrogen-bond acceptors (Lipinski definition) is 6. The van der Waals surface area contributed by atoms with Gasteiger partial charge in [0.2, 0.25) is 5.91 Å². The van der Waals surface area contributed by atoms with Crippen LogP contribution in [0.5, 0.6) is 5.75 Å². The number of amides is 1. The standard InChI is InChI=1S/C24H19ClF3N3O3S/c1-2-33-16-6-3-14(4-7-16)11-21-22(32)30-23(35-21)31-29-13-17-8-10-20(34-17)18-12-15(24(26,27)28)5-9-19(18)25/h3-10,12-13,21H,2,11H2,1H3,(H,30,31,32)/b29-13+. The molecular formula is C24H19ClF3N3O3S. The molecule has 35 heavy (non-hydrogen) atoms. The van der Waals surface area contributed by atoms with Crippen molar-refractivity contribution in [1.29, 1.82) is 0 Å². The van der Waals surface area contributed by atoms with Gasteiger partial charge in [0.15, 0.2) is 5.17 Å². The molecule has 0 saturated carbocycles. The van der Waals surface area contributed by atoms with Crippen LogP contribution in [0.1, 0.15) is 23.8 Å². The first kappa shape index (κ1) is 24.9. The molecule has 1 aromatic heterocycles. The lowest BCUT2D eigenvalue weighted by atomic mass is 10.1. The van der Waals surface area contributed by atoms with Gasteiger partial charge in [-0.3, -0.25) is 4.79 Å². The molecule has 1 fully saturated rings. The largest absolute Gasteiger partial charge is 0.494 e. The van der Waals surface area contributed by atoms with Gasteiger partial charge < -0.3 is 14.5 Å². The third kappa shape index (κ3) is 6.26. The van der Waals surface area contributed by atoms with E-state index in [1.54, 1.807) is 0 Å². The predicted octanol–water partition coefficient (Wildman–Crippen LogP) is 6.18. The van der Waals surface area contributed by atoms with Crippen molar-refractivity contribution in [3.8, 4) is 17.1 Å². The molecule has 11 heteroatoms. The van der Waals surface area contributed by atoms with E-state index in [2.05, 4.69) is 15.5 Å². The Labute approximate surface area is 208 Å². The van der Waals surface area contributed by atoms with Crippen molar-refractivity contribution < 1.29 is 27.1 Å². The SMILES string of the molecule is CCOc1ccc(CC2S/C(=N/N=C/c3ccc(-c4cc(C(F)(F)F)ccc4Cl)o3)NC2=O)cc1. The number of benzene rings is 2. The maximum atomic E-state index is 13.0. The summed E-state index contributed by atoms with van der Waals surface area (Å²) in [4.78, 5) is 12.3. The Kier molecular flexibility index (Phi) is 7.51. The summed E-state index contributed by atoms with van der Waals surface area (Å²) in [5, 5.41) is 10.7. The van der Waals surface area contributed by atoms with Crippen LogP contribution in [-0.2, 0) is 17.4 Å². The zero-order valence-corrected chi connectivity index (χ0v) is 19.9.